The maximum Gasteiger partial charge on any atom is 0.273 e. The fourth-order valence-corrected chi connectivity index (χ4v) is 2.97. The Balaban J connectivity index is 1.47. The molecule has 0 spiro atoms. The van der Waals surface area contributed by atoms with Crippen molar-refractivity contribution in [3.05, 3.63) is 77.7 Å². The first-order chi connectivity index (χ1) is 11.7. The topological polar surface area (TPSA) is 55.1 Å². The molecule has 1 amide bonds. The minimum absolute atomic E-state index is 0.165. The maximum absolute atomic E-state index is 12.5. The number of aryl methyl sites for hydroxylation is 1. The van der Waals surface area contributed by atoms with Crippen LogP contribution in [0.2, 0.25) is 0 Å². The highest BCUT2D eigenvalue weighted by Crippen LogP contribution is 2.40. The van der Waals surface area contributed by atoms with E-state index in [1.807, 2.05) is 48.5 Å². The molecule has 0 aliphatic heterocycles. The van der Waals surface area contributed by atoms with Crippen LogP contribution in [0.25, 0.3) is 11.5 Å². The average Bonchev–Trinajstić information content (AvgIpc) is 3.27. The lowest BCUT2D eigenvalue weighted by Crippen LogP contribution is -2.27. The van der Waals surface area contributed by atoms with Gasteiger partial charge in [-0.2, -0.15) is 0 Å². The van der Waals surface area contributed by atoms with Crippen molar-refractivity contribution in [2.24, 2.45) is 0 Å². The smallest absolute Gasteiger partial charge is 0.273 e. The van der Waals surface area contributed by atoms with Crippen molar-refractivity contribution in [1.82, 2.24) is 10.3 Å². The van der Waals surface area contributed by atoms with Crippen molar-refractivity contribution in [2.75, 3.05) is 0 Å². The zero-order chi connectivity index (χ0) is 16.5. The number of carbonyl (C=O) groups excluding carboxylic acids is 1. The van der Waals surface area contributed by atoms with Gasteiger partial charge >= 0.3 is 0 Å². The summed E-state index contributed by atoms with van der Waals surface area (Å²) < 4.78 is 5.66. The molecule has 0 bridgehead atoms. The van der Waals surface area contributed by atoms with Gasteiger partial charge in [0, 0.05) is 17.5 Å². The van der Waals surface area contributed by atoms with Crippen LogP contribution in [-0.2, 0) is 0 Å². The predicted octanol–water partition coefficient (Wildman–Crippen LogP) is 3.94. The molecule has 1 aliphatic rings. The molecule has 1 N–H and O–H groups in total. The van der Waals surface area contributed by atoms with Gasteiger partial charge in [-0.1, -0.05) is 48.5 Å². The second kappa shape index (κ2) is 5.96. The Hall–Kier alpha value is -2.88. The second-order valence-electron chi connectivity index (χ2n) is 6.12. The van der Waals surface area contributed by atoms with Gasteiger partial charge < -0.3 is 9.73 Å². The summed E-state index contributed by atoms with van der Waals surface area (Å²) in [7, 11) is 0. The SMILES string of the molecule is Cc1oc(-c2ccccc2)nc1C(=O)N[C@@H]1C[C@H]1c1ccccc1. The van der Waals surface area contributed by atoms with Crippen molar-refractivity contribution in [3.8, 4) is 11.5 Å². The van der Waals surface area contributed by atoms with Gasteiger partial charge in [0.15, 0.2) is 5.69 Å². The number of nitrogens with zero attached hydrogens (tertiary/aromatic N) is 1. The van der Waals surface area contributed by atoms with Crippen molar-refractivity contribution in [3.63, 3.8) is 0 Å². The highest BCUT2D eigenvalue weighted by Gasteiger charge is 2.40. The molecule has 1 aliphatic carbocycles. The molecule has 1 fully saturated rings. The largest absolute Gasteiger partial charge is 0.441 e. The Morgan fingerprint density at radius 3 is 2.46 bits per heavy atom. The fraction of sp³-hybridized carbons (Fsp3) is 0.200. The average molecular weight is 318 g/mol. The van der Waals surface area contributed by atoms with Crippen LogP contribution in [-0.4, -0.2) is 16.9 Å². The molecule has 0 saturated heterocycles. The Morgan fingerprint density at radius 2 is 1.75 bits per heavy atom. The Labute approximate surface area is 140 Å². The number of amides is 1. The molecule has 1 aromatic heterocycles. The van der Waals surface area contributed by atoms with Crippen LogP contribution in [0.3, 0.4) is 0 Å². The molecule has 4 rings (SSSR count). The number of oxazole rings is 1. The van der Waals surface area contributed by atoms with Crippen LogP contribution in [0.1, 0.15) is 34.2 Å². The number of hydrogen-bond donors (Lipinski definition) is 1. The van der Waals surface area contributed by atoms with E-state index in [0.29, 0.717) is 23.3 Å². The van der Waals surface area contributed by atoms with Crippen LogP contribution < -0.4 is 5.32 Å². The van der Waals surface area contributed by atoms with Crippen molar-refractivity contribution in [2.45, 2.75) is 25.3 Å². The summed E-state index contributed by atoms with van der Waals surface area (Å²) >= 11 is 0. The number of nitrogens with one attached hydrogen (secondary N) is 1. The van der Waals surface area contributed by atoms with E-state index in [4.69, 9.17) is 4.42 Å². The molecule has 0 unspecified atom stereocenters. The van der Waals surface area contributed by atoms with E-state index < -0.39 is 0 Å². The lowest BCUT2D eigenvalue weighted by atomic mass is 10.1. The third-order valence-corrected chi connectivity index (χ3v) is 4.37. The van der Waals surface area contributed by atoms with Crippen LogP contribution >= 0.6 is 0 Å². The highest BCUT2D eigenvalue weighted by molar-refractivity contribution is 5.94. The summed E-state index contributed by atoms with van der Waals surface area (Å²) in [6.45, 7) is 1.77. The van der Waals surface area contributed by atoms with Crippen LogP contribution in [0.5, 0.6) is 0 Å². The lowest BCUT2D eigenvalue weighted by molar-refractivity contribution is 0.0944. The molecule has 1 saturated carbocycles. The molecule has 2 aromatic carbocycles. The number of benzene rings is 2. The maximum atomic E-state index is 12.5. The van der Waals surface area contributed by atoms with Crippen LogP contribution in [0.15, 0.2) is 65.1 Å². The van der Waals surface area contributed by atoms with Gasteiger partial charge in [0.05, 0.1) is 0 Å². The zero-order valence-electron chi connectivity index (χ0n) is 13.4. The van der Waals surface area contributed by atoms with Gasteiger partial charge in [-0.3, -0.25) is 4.79 Å². The summed E-state index contributed by atoms with van der Waals surface area (Å²) in [5.41, 5.74) is 2.51. The summed E-state index contributed by atoms with van der Waals surface area (Å²) in [6, 6.07) is 20.0. The quantitative estimate of drug-likeness (QED) is 0.793. The van der Waals surface area contributed by atoms with Crippen LogP contribution in [0.4, 0.5) is 0 Å². The summed E-state index contributed by atoms with van der Waals surface area (Å²) in [5, 5.41) is 3.06. The minimum atomic E-state index is -0.165. The molecular weight excluding hydrogens is 300 g/mol. The normalized spacial score (nSPS) is 19.0. The molecule has 4 heteroatoms. The van der Waals surface area contributed by atoms with E-state index in [0.717, 1.165) is 12.0 Å². The first-order valence-corrected chi connectivity index (χ1v) is 8.11. The Bertz CT molecular complexity index is 856. The third kappa shape index (κ3) is 2.83. The van der Waals surface area contributed by atoms with Gasteiger partial charge in [0.2, 0.25) is 5.89 Å². The Kier molecular flexibility index (Phi) is 3.65. The van der Waals surface area contributed by atoms with Gasteiger partial charge in [-0.15, -0.1) is 0 Å². The molecular formula is C20H18N2O2. The second-order valence-corrected chi connectivity index (χ2v) is 6.12. The van der Waals surface area contributed by atoms with E-state index in [1.165, 1.54) is 5.56 Å². The third-order valence-electron chi connectivity index (χ3n) is 4.37. The van der Waals surface area contributed by atoms with E-state index in [1.54, 1.807) is 6.92 Å². The number of carbonyl (C=O) groups is 1. The zero-order valence-corrected chi connectivity index (χ0v) is 13.4. The summed E-state index contributed by atoms with van der Waals surface area (Å²) in [4.78, 5) is 16.9. The molecule has 4 nitrogen and oxygen atoms in total. The Morgan fingerprint density at radius 1 is 1.08 bits per heavy atom. The first kappa shape index (κ1) is 14.7. The first-order valence-electron chi connectivity index (χ1n) is 8.11. The van der Waals surface area contributed by atoms with Crippen molar-refractivity contribution >= 4 is 5.91 Å². The predicted molar refractivity (Wildman–Crippen MR) is 91.7 cm³/mol. The molecule has 0 radical (unpaired) electrons. The standard InChI is InChI=1S/C20H18N2O2/c1-13-18(22-20(24-13)15-10-6-3-7-11-15)19(23)21-17-12-16(17)14-8-4-2-5-9-14/h2-11,16-17H,12H2,1H3,(H,21,23)/t16-,17+/m0/s1. The minimum Gasteiger partial charge on any atom is -0.441 e. The fourth-order valence-electron chi connectivity index (χ4n) is 2.97. The molecule has 24 heavy (non-hydrogen) atoms. The molecule has 2 atom stereocenters. The van der Waals surface area contributed by atoms with Gasteiger partial charge in [-0.25, -0.2) is 4.98 Å². The molecule has 3 aromatic rings. The van der Waals surface area contributed by atoms with Crippen molar-refractivity contribution < 1.29 is 9.21 Å². The van der Waals surface area contributed by atoms with Crippen LogP contribution in [0, 0.1) is 6.92 Å². The number of hydrogen-bond acceptors (Lipinski definition) is 3. The van der Waals surface area contributed by atoms with Gasteiger partial charge in [-0.05, 0) is 31.0 Å². The summed E-state index contributed by atoms with van der Waals surface area (Å²) in [5.74, 6) is 1.26. The lowest BCUT2D eigenvalue weighted by Gasteiger charge is -2.03. The highest BCUT2D eigenvalue weighted by atomic mass is 16.4. The van der Waals surface area contributed by atoms with E-state index in [2.05, 4.69) is 22.4 Å². The van der Waals surface area contributed by atoms with E-state index in [-0.39, 0.29) is 11.9 Å². The van der Waals surface area contributed by atoms with E-state index >= 15 is 0 Å². The molecule has 1 heterocycles. The van der Waals surface area contributed by atoms with E-state index in [9.17, 15) is 4.79 Å². The van der Waals surface area contributed by atoms with Gasteiger partial charge in [0.25, 0.3) is 5.91 Å². The van der Waals surface area contributed by atoms with Gasteiger partial charge in [0.1, 0.15) is 5.76 Å². The molecule has 120 valence electrons. The summed E-state index contributed by atoms with van der Waals surface area (Å²) in [6.07, 6.45) is 0.970. The number of aromatic nitrogens is 1. The number of rotatable bonds is 4. The van der Waals surface area contributed by atoms with Crippen molar-refractivity contribution in [1.29, 1.82) is 0 Å². The monoisotopic (exact) mass is 318 g/mol.